The quantitative estimate of drug-likeness (QED) is 0.847. The van der Waals surface area contributed by atoms with Gasteiger partial charge in [-0.15, -0.1) is 0 Å². The molecule has 1 aliphatic heterocycles. The van der Waals surface area contributed by atoms with Crippen LogP contribution in [0.3, 0.4) is 0 Å². The van der Waals surface area contributed by atoms with Gasteiger partial charge in [0.25, 0.3) is 5.91 Å². The lowest BCUT2D eigenvalue weighted by atomic mass is 10.1. The summed E-state index contributed by atoms with van der Waals surface area (Å²) in [5.41, 5.74) is 1.89. The van der Waals surface area contributed by atoms with Gasteiger partial charge < -0.3 is 4.90 Å². The third-order valence-corrected chi connectivity index (χ3v) is 6.37. The molecular weight excluding hydrogens is 314 g/mol. The summed E-state index contributed by atoms with van der Waals surface area (Å²) in [6, 6.07) is 5.15. The normalized spacial score (nSPS) is 15.9. The molecule has 0 spiro atoms. The van der Waals surface area contributed by atoms with E-state index in [-0.39, 0.29) is 30.7 Å². The van der Waals surface area contributed by atoms with Gasteiger partial charge in [-0.2, -0.15) is 0 Å². The number of aromatic nitrogens is 2. The Bertz CT molecular complexity index is 843. The van der Waals surface area contributed by atoms with Crippen molar-refractivity contribution in [2.24, 2.45) is 5.92 Å². The van der Waals surface area contributed by atoms with Gasteiger partial charge in [0.2, 0.25) is 0 Å². The lowest BCUT2D eigenvalue weighted by Crippen LogP contribution is -2.57. The monoisotopic (exact) mass is 333 g/mol. The zero-order chi connectivity index (χ0) is 16.6. The van der Waals surface area contributed by atoms with Crippen molar-refractivity contribution in [3.63, 3.8) is 0 Å². The van der Waals surface area contributed by atoms with E-state index >= 15 is 0 Å². The first-order valence-electron chi connectivity index (χ1n) is 7.58. The molecule has 122 valence electrons. The maximum Gasteiger partial charge on any atom is 0.254 e. The largest absolute Gasteiger partial charge is 0.336 e. The van der Waals surface area contributed by atoms with Crippen LogP contribution in [-0.4, -0.2) is 53.3 Å². The minimum absolute atomic E-state index is 0.101. The summed E-state index contributed by atoms with van der Waals surface area (Å²) >= 11 is 0. The van der Waals surface area contributed by atoms with Crippen molar-refractivity contribution in [3.8, 4) is 0 Å². The summed E-state index contributed by atoms with van der Waals surface area (Å²) in [5.74, 6) is 0.114. The van der Waals surface area contributed by atoms with Crippen LogP contribution in [0.2, 0.25) is 0 Å². The molecule has 1 aromatic carbocycles. The van der Waals surface area contributed by atoms with E-state index in [0.29, 0.717) is 11.1 Å². The van der Waals surface area contributed by atoms with Crippen LogP contribution in [0.25, 0.3) is 11.0 Å². The number of fused-ring (bicyclic) bond motifs is 1. The molecule has 0 unspecified atom stereocenters. The predicted octanol–water partition coefficient (Wildman–Crippen LogP) is 1.52. The summed E-state index contributed by atoms with van der Waals surface area (Å²) in [5, 5.41) is -0.436. The van der Waals surface area contributed by atoms with Crippen LogP contribution in [0.15, 0.2) is 30.6 Å². The van der Waals surface area contributed by atoms with Crippen molar-refractivity contribution in [1.29, 1.82) is 0 Å². The Morgan fingerprint density at radius 3 is 2.52 bits per heavy atom. The van der Waals surface area contributed by atoms with Crippen LogP contribution in [0.1, 0.15) is 24.2 Å². The van der Waals surface area contributed by atoms with Gasteiger partial charge >= 0.3 is 0 Å². The van der Waals surface area contributed by atoms with Crippen LogP contribution in [0.4, 0.5) is 0 Å². The maximum absolute atomic E-state index is 12.4. The molecule has 7 heteroatoms. The minimum Gasteiger partial charge on any atom is -0.336 e. The summed E-state index contributed by atoms with van der Waals surface area (Å²) < 4.78 is 24.3. The highest BCUT2D eigenvalue weighted by Crippen LogP contribution is 2.22. The maximum atomic E-state index is 12.4. The Kier molecular flexibility index (Phi) is 4.06. The van der Waals surface area contributed by atoms with Crippen molar-refractivity contribution in [1.82, 2.24) is 14.9 Å². The fourth-order valence-electron chi connectivity index (χ4n) is 2.71. The highest BCUT2D eigenvalue weighted by molar-refractivity contribution is 7.92. The third-order valence-electron chi connectivity index (χ3n) is 3.93. The number of benzene rings is 1. The number of nitrogens with zero attached hydrogens (tertiary/aromatic N) is 3. The van der Waals surface area contributed by atoms with Gasteiger partial charge in [0.15, 0.2) is 9.84 Å². The molecule has 0 bridgehead atoms. The van der Waals surface area contributed by atoms with Crippen molar-refractivity contribution in [3.05, 3.63) is 36.2 Å². The fourth-order valence-corrected chi connectivity index (χ4v) is 4.73. The summed E-state index contributed by atoms with van der Waals surface area (Å²) in [4.78, 5) is 22.4. The first-order valence-corrected chi connectivity index (χ1v) is 9.30. The van der Waals surface area contributed by atoms with Gasteiger partial charge in [-0.05, 0) is 24.1 Å². The molecule has 2 aromatic rings. The van der Waals surface area contributed by atoms with E-state index in [2.05, 4.69) is 9.97 Å². The Labute approximate surface area is 135 Å². The van der Waals surface area contributed by atoms with E-state index in [4.69, 9.17) is 0 Å². The Morgan fingerprint density at radius 2 is 1.87 bits per heavy atom. The fraction of sp³-hybridized carbons (Fsp3) is 0.438. The van der Waals surface area contributed by atoms with E-state index in [1.807, 2.05) is 13.8 Å². The molecule has 1 aliphatic rings. The molecular formula is C16H19N3O3S. The average Bonchev–Trinajstić information content (AvgIpc) is 2.43. The number of hydrogen-bond acceptors (Lipinski definition) is 5. The number of sulfone groups is 1. The second kappa shape index (κ2) is 5.88. The van der Waals surface area contributed by atoms with Crippen molar-refractivity contribution in [2.45, 2.75) is 19.1 Å². The van der Waals surface area contributed by atoms with Crippen LogP contribution < -0.4 is 0 Å². The standard InChI is InChI=1S/C16H19N3O3S/c1-11(2)10-23(21,22)13-8-19(9-13)16(20)12-3-4-14-15(7-12)18-6-5-17-14/h3-7,11,13H,8-10H2,1-2H3. The van der Waals surface area contributed by atoms with Crippen molar-refractivity contribution >= 4 is 26.8 Å². The molecule has 3 rings (SSSR count). The van der Waals surface area contributed by atoms with Crippen LogP contribution in [-0.2, 0) is 9.84 Å². The summed E-state index contributed by atoms with van der Waals surface area (Å²) in [7, 11) is -3.12. The number of carbonyl (C=O) groups excluding carboxylic acids is 1. The van der Waals surface area contributed by atoms with Crippen molar-refractivity contribution in [2.75, 3.05) is 18.8 Å². The van der Waals surface area contributed by atoms with Crippen LogP contribution >= 0.6 is 0 Å². The summed E-state index contributed by atoms with van der Waals surface area (Å²) in [6.07, 6.45) is 3.18. The number of hydrogen-bond donors (Lipinski definition) is 0. The molecule has 0 atom stereocenters. The van der Waals surface area contributed by atoms with Gasteiger partial charge in [-0.25, -0.2) is 8.42 Å². The zero-order valence-corrected chi connectivity index (χ0v) is 14.0. The van der Waals surface area contributed by atoms with E-state index in [9.17, 15) is 13.2 Å². The number of rotatable bonds is 4. The molecule has 2 heterocycles. The second-order valence-electron chi connectivity index (χ2n) is 6.32. The molecule has 0 saturated carbocycles. The number of amides is 1. The highest BCUT2D eigenvalue weighted by atomic mass is 32.2. The Balaban J connectivity index is 1.70. The first kappa shape index (κ1) is 15.9. The average molecular weight is 333 g/mol. The van der Waals surface area contributed by atoms with E-state index in [0.717, 1.165) is 5.52 Å². The lowest BCUT2D eigenvalue weighted by molar-refractivity contribution is 0.0659. The third kappa shape index (κ3) is 3.19. The number of likely N-dealkylation sites (tertiary alicyclic amines) is 1. The van der Waals surface area contributed by atoms with Gasteiger partial charge in [0.05, 0.1) is 22.0 Å². The zero-order valence-electron chi connectivity index (χ0n) is 13.1. The van der Waals surface area contributed by atoms with Crippen molar-refractivity contribution < 1.29 is 13.2 Å². The smallest absolute Gasteiger partial charge is 0.254 e. The summed E-state index contributed by atoms with van der Waals surface area (Å²) in [6.45, 7) is 4.31. The Hall–Kier alpha value is -2.02. The first-order chi connectivity index (χ1) is 10.9. The molecule has 1 fully saturated rings. The van der Waals surface area contributed by atoms with Gasteiger partial charge in [0.1, 0.15) is 0 Å². The molecule has 23 heavy (non-hydrogen) atoms. The Morgan fingerprint density at radius 1 is 1.22 bits per heavy atom. The van der Waals surface area contributed by atoms with Crippen LogP contribution in [0, 0.1) is 5.92 Å². The van der Waals surface area contributed by atoms with E-state index in [1.54, 1.807) is 35.5 Å². The van der Waals surface area contributed by atoms with Gasteiger partial charge in [-0.3, -0.25) is 14.8 Å². The van der Waals surface area contributed by atoms with Gasteiger partial charge in [0, 0.05) is 31.0 Å². The lowest BCUT2D eigenvalue weighted by Gasteiger charge is -2.39. The van der Waals surface area contributed by atoms with E-state index < -0.39 is 15.1 Å². The molecule has 0 radical (unpaired) electrons. The topological polar surface area (TPSA) is 80.2 Å². The predicted molar refractivity (Wildman–Crippen MR) is 87.9 cm³/mol. The number of carbonyl (C=O) groups is 1. The molecule has 1 amide bonds. The molecule has 1 saturated heterocycles. The molecule has 1 aromatic heterocycles. The van der Waals surface area contributed by atoms with Gasteiger partial charge in [-0.1, -0.05) is 13.8 Å². The second-order valence-corrected chi connectivity index (χ2v) is 8.64. The molecule has 0 N–H and O–H groups in total. The molecule has 0 aliphatic carbocycles. The van der Waals surface area contributed by atoms with Crippen LogP contribution in [0.5, 0.6) is 0 Å². The SMILES string of the molecule is CC(C)CS(=O)(=O)C1CN(C(=O)c2ccc3nccnc3c2)C1. The molecule has 6 nitrogen and oxygen atoms in total. The highest BCUT2D eigenvalue weighted by Gasteiger charge is 2.39. The minimum atomic E-state index is -3.12. The van der Waals surface area contributed by atoms with E-state index in [1.165, 1.54) is 0 Å².